The highest BCUT2D eigenvalue weighted by atomic mass is 15.3. The fourth-order valence-corrected chi connectivity index (χ4v) is 3.70. The zero-order valence-electron chi connectivity index (χ0n) is 16.8. The van der Waals surface area contributed by atoms with Gasteiger partial charge in [0.15, 0.2) is 0 Å². The SMILES string of the molecule is CCCc1cc(N(CC)CC)nc(Nc2ccc3c(c2)[N+](C)(C)CC3)n1. The van der Waals surface area contributed by atoms with E-state index in [0.717, 1.165) is 60.6 Å². The molecular formula is C21H32N5+. The van der Waals surface area contributed by atoms with Crippen LogP contribution in [-0.2, 0) is 12.8 Å². The van der Waals surface area contributed by atoms with Gasteiger partial charge in [0.05, 0.1) is 20.6 Å². The molecule has 1 aliphatic rings. The van der Waals surface area contributed by atoms with Crippen LogP contribution in [0.2, 0.25) is 0 Å². The van der Waals surface area contributed by atoms with Crippen molar-refractivity contribution in [1.82, 2.24) is 14.5 Å². The lowest BCUT2D eigenvalue weighted by Crippen LogP contribution is -2.37. The number of hydrogen-bond donors (Lipinski definition) is 1. The number of anilines is 3. The number of hydrogen-bond acceptors (Lipinski definition) is 4. The molecule has 0 amide bonds. The zero-order valence-corrected chi connectivity index (χ0v) is 16.8. The smallest absolute Gasteiger partial charge is 0.229 e. The van der Waals surface area contributed by atoms with Crippen LogP contribution in [0.5, 0.6) is 0 Å². The second kappa shape index (κ2) is 7.62. The minimum Gasteiger partial charge on any atom is -0.357 e. The van der Waals surface area contributed by atoms with Gasteiger partial charge in [-0.05, 0) is 26.3 Å². The molecule has 0 saturated carbocycles. The number of benzene rings is 1. The number of rotatable bonds is 7. The Morgan fingerprint density at radius 1 is 1.08 bits per heavy atom. The van der Waals surface area contributed by atoms with Crippen molar-refractivity contribution in [2.75, 3.05) is 43.9 Å². The quantitative estimate of drug-likeness (QED) is 0.759. The predicted octanol–water partition coefficient (Wildman–Crippen LogP) is 4.14. The first-order valence-corrected chi connectivity index (χ1v) is 9.83. The van der Waals surface area contributed by atoms with E-state index in [0.29, 0.717) is 5.95 Å². The van der Waals surface area contributed by atoms with Crippen molar-refractivity contribution in [3.8, 4) is 0 Å². The van der Waals surface area contributed by atoms with Crippen LogP contribution in [0, 0.1) is 0 Å². The molecule has 0 aliphatic carbocycles. The van der Waals surface area contributed by atoms with Crippen molar-refractivity contribution >= 4 is 23.1 Å². The number of nitrogens with one attached hydrogen (secondary N) is 1. The molecule has 0 atom stereocenters. The second-order valence-electron chi connectivity index (χ2n) is 7.59. The third-order valence-corrected chi connectivity index (χ3v) is 5.29. The minimum absolute atomic E-state index is 0.695. The van der Waals surface area contributed by atoms with Gasteiger partial charge in [0.25, 0.3) is 0 Å². The molecule has 0 radical (unpaired) electrons. The van der Waals surface area contributed by atoms with Crippen LogP contribution in [0.25, 0.3) is 0 Å². The summed E-state index contributed by atoms with van der Waals surface area (Å²) in [6.07, 6.45) is 3.20. The van der Waals surface area contributed by atoms with E-state index in [2.05, 4.69) is 69.3 Å². The molecule has 1 aliphatic heterocycles. The summed E-state index contributed by atoms with van der Waals surface area (Å²) >= 11 is 0. The minimum atomic E-state index is 0.695. The fourth-order valence-electron chi connectivity index (χ4n) is 3.70. The normalized spacial score (nSPS) is 15.0. The second-order valence-corrected chi connectivity index (χ2v) is 7.59. The molecule has 0 saturated heterocycles. The van der Waals surface area contributed by atoms with Gasteiger partial charge in [-0.1, -0.05) is 19.4 Å². The molecule has 0 bridgehead atoms. The van der Waals surface area contributed by atoms with Gasteiger partial charge < -0.3 is 10.2 Å². The molecule has 0 spiro atoms. The van der Waals surface area contributed by atoms with E-state index in [1.54, 1.807) is 0 Å². The van der Waals surface area contributed by atoms with E-state index < -0.39 is 0 Å². The molecule has 2 aromatic rings. The van der Waals surface area contributed by atoms with Gasteiger partial charge in [0.2, 0.25) is 5.95 Å². The van der Waals surface area contributed by atoms with Crippen LogP contribution in [0.15, 0.2) is 24.3 Å². The van der Waals surface area contributed by atoms with Gasteiger partial charge in [-0.3, -0.25) is 4.48 Å². The van der Waals surface area contributed by atoms with Crippen LogP contribution in [0.1, 0.15) is 38.4 Å². The first-order valence-electron chi connectivity index (χ1n) is 9.83. The Bertz CT molecular complexity index is 765. The Morgan fingerprint density at radius 2 is 1.85 bits per heavy atom. The molecule has 1 aromatic carbocycles. The molecule has 0 unspecified atom stereocenters. The lowest BCUT2D eigenvalue weighted by Gasteiger charge is -2.24. The number of nitrogens with zero attached hydrogens (tertiary/aromatic N) is 4. The third kappa shape index (κ3) is 3.83. The highest BCUT2D eigenvalue weighted by Gasteiger charge is 2.30. The molecule has 1 N–H and O–H groups in total. The standard InChI is InChI=1S/C21H32N5/c1-6-9-17-15-20(25(7-2)8-3)24-21(22-17)23-18-11-10-16-12-13-26(4,5)19(16)14-18/h10-11,14-15H,6-9,12-13H2,1-5H3,(H,22,23,24)/q+1. The van der Waals surface area contributed by atoms with Crippen molar-refractivity contribution in [2.45, 2.75) is 40.0 Å². The fraction of sp³-hybridized carbons (Fsp3) is 0.524. The molecular weight excluding hydrogens is 322 g/mol. The molecule has 1 aromatic heterocycles. The van der Waals surface area contributed by atoms with Crippen LogP contribution >= 0.6 is 0 Å². The van der Waals surface area contributed by atoms with E-state index in [9.17, 15) is 0 Å². The van der Waals surface area contributed by atoms with Crippen molar-refractivity contribution in [3.05, 3.63) is 35.5 Å². The van der Waals surface area contributed by atoms with Crippen molar-refractivity contribution in [1.29, 1.82) is 0 Å². The van der Waals surface area contributed by atoms with Crippen LogP contribution in [-0.4, -0.2) is 43.7 Å². The van der Waals surface area contributed by atoms with Gasteiger partial charge in [0.1, 0.15) is 11.5 Å². The Labute approximate surface area is 157 Å². The molecule has 5 nitrogen and oxygen atoms in total. The van der Waals surface area contributed by atoms with Gasteiger partial charge >= 0.3 is 0 Å². The van der Waals surface area contributed by atoms with Gasteiger partial charge in [-0.15, -0.1) is 0 Å². The van der Waals surface area contributed by atoms with Crippen molar-refractivity contribution in [2.24, 2.45) is 0 Å². The largest absolute Gasteiger partial charge is 0.357 e. The maximum absolute atomic E-state index is 4.78. The highest BCUT2D eigenvalue weighted by Crippen LogP contribution is 2.34. The Balaban J connectivity index is 1.92. The average molecular weight is 355 g/mol. The maximum Gasteiger partial charge on any atom is 0.229 e. The molecule has 3 rings (SSSR count). The van der Waals surface area contributed by atoms with Crippen molar-refractivity contribution < 1.29 is 0 Å². The summed E-state index contributed by atoms with van der Waals surface area (Å²) in [5, 5.41) is 3.45. The Kier molecular flexibility index (Phi) is 5.47. The summed E-state index contributed by atoms with van der Waals surface area (Å²) < 4.78 is 0.937. The molecule has 5 heteroatoms. The predicted molar refractivity (Wildman–Crippen MR) is 112 cm³/mol. The van der Waals surface area contributed by atoms with Gasteiger partial charge in [-0.2, -0.15) is 4.98 Å². The maximum atomic E-state index is 4.78. The molecule has 0 fully saturated rings. The number of aryl methyl sites for hydroxylation is 1. The van der Waals surface area contributed by atoms with E-state index in [1.165, 1.54) is 11.3 Å². The van der Waals surface area contributed by atoms with Crippen molar-refractivity contribution in [3.63, 3.8) is 0 Å². The molecule has 140 valence electrons. The summed E-state index contributed by atoms with van der Waals surface area (Å²) in [5.74, 6) is 1.70. The van der Waals surface area contributed by atoms with Gasteiger partial charge in [0, 0.05) is 48.6 Å². The zero-order chi connectivity index (χ0) is 18.7. The summed E-state index contributed by atoms with van der Waals surface area (Å²) in [7, 11) is 4.54. The summed E-state index contributed by atoms with van der Waals surface area (Å²) in [4.78, 5) is 11.8. The van der Waals surface area contributed by atoms with Crippen LogP contribution in [0.3, 0.4) is 0 Å². The highest BCUT2D eigenvalue weighted by molar-refractivity contribution is 5.66. The lowest BCUT2D eigenvalue weighted by atomic mass is 10.1. The van der Waals surface area contributed by atoms with E-state index in [1.807, 2.05) is 0 Å². The number of likely N-dealkylation sites (N-methyl/N-ethyl adjacent to an activating group) is 1. The number of aromatic nitrogens is 2. The number of fused-ring (bicyclic) bond motifs is 1. The summed E-state index contributed by atoms with van der Waals surface area (Å²) in [6, 6.07) is 8.78. The molecule has 26 heavy (non-hydrogen) atoms. The first kappa shape index (κ1) is 18.6. The average Bonchev–Trinajstić information content (AvgIpc) is 2.91. The third-order valence-electron chi connectivity index (χ3n) is 5.29. The monoisotopic (exact) mass is 354 g/mol. The van der Waals surface area contributed by atoms with Crippen LogP contribution in [0.4, 0.5) is 23.1 Å². The van der Waals surface area contributed by atoms with E-state index >= 15 is 0 Å². The molecule has 2 heterocycles. The van der Waals surface area contributed by atoms with E-state index in [-0.39, 0.29) is 0 Å². The topological polar surface area (TPSA) is 41.1 Å². The lowest BCUT2D eigenvalue weighted by molar-refractivity contribution is 0.433. The summed E-state index contributed by atoms with van der Waals surface area (Å²) in [6.45, 7) is 9.57. The summed E-state index contributed by atoms with van der Waals surface area (Å²) in [5.41, 5.74) is 5.01. The van der Waals surface area contributed by atoms with Crippen LogP contribution < -0.4 is 14.7 Å². The first-order chi connectivity index (χ1) is 12.5. The van der Waals surface area contributed by atoms with E-state index in [4.69, 9.17) is 9.97 Å². The van der Waals surface area contributed by atoms with Gasteiger partial charge in [-0.25, -0.2) is 4.98 Å². The Morgan fingerprint density at radius 3 is 2.54 bits per heavy atom. The number of quaternary nitrogens is 1. The Hall–Kier alpha value is -2.14.